The molecule has 2 aromatic carbocycles. The van der Waals surface area contributed by atoms with Gasteiger partial charge in [-0.2, -0.15) is 0 Å². The number of ether oxygens (including phenoxy) is 2. The maximum absolute atomic E-state index is 14.3. The quantitative estimate of drug-likeness (QED) is 0.377. The van der Waals surface area contributed by atoms with Crippen molar-refractivity contribution in [2.45, 2.75) is 70.7 Å². The average molecular weight is 497 g/mol. The lowest BCUT2D eigenvalue weighted by Gasteiger charge is -2.50. The van der Waals surface area contributed by atoms with Gasteiger partial charge in [0.15, 0.2) is 19.7 Å². The minimum absolute atomic E-state index is 0.102. The molecule has 0 amide bonds. The van der Waals surface area contributed by atoms with Crippen LogP contribution in [0.4, 0.5) is 0 Å². The molecule has 0 N–H and O–H groups in total. The van der Waals surface area contributed by atoms with Crippen molar-refractivity contribution in [1.82, 2.24) is 0 Å². The predicted molar refractivity (Wildman–Crippen MR) is 133 cm³/mol. The molecule has 0 radical (unpaired) electrons. The fourth-order valence-corrected chi connectivity index (χ4v) is 14.0. The van der Waals surface area contributed by atoms with Gasteiger partial charge in [-0.05, 0) is 75.6 Å². The zero-order valence-corrected chi connectivity index (χ0v) is 20.6. The Morgan fingerprint density at radius 1 is 0.606 bits per heavy atom. The Kier molecular flexibility index (Phi) is 4.40. The van der Waals surface area contributed by atoms with Crippen LogP contribution in [0.5, 0.6) is 11.5 Å². The summed E-state index contributed by atoms with van der Waals surface area (Å²) in [4.78, 5) is 28.6. The van der Waals surface area contributed by atoms with E-state index in [0.717, 1.165) is 51.4 Å². The van der Waals surface area contributed by atoms with Gasteiger partial charge in [0.1, 0.15) is 22.7 Å². The first-order valence-corrected chi connectivity index (χ1v) is 14.7. The van der Waals surface area contributed by atoms with E-state index in [1.165, 1.54) is 0 Å². The Bertz CT molecular complexity index is 1090. The van der Waals surface area contributed by atoms with Gasteiger partial charge >= 0.3 is 0 Å². The minimum Gasteiger partial charge on any atom is -0.484 e. The van der Waals surface area contributed by atoms with Gasteiger partial charge in [-0.25, -0.2) is 0 Å². The number of hydrogen-bond acceptors (Lipinski definition) is 7. The Balaban J connectivity index is 1.42. The summed E-state index contributed by atoms with van der Waals surface area (Å²) >= 11 is 1.57. The average Bonchev–Trinajstić information content (AvgIpc) is 3.58. The monoisotopic (exact) mass is 496 g/mol. The van der Waals surface area contributed by atoms with Crippen LogP contribution in [0.15, 0.2) is 48.5 Å². The highest BCUT2D eigenvalue weighted by Crippen LogP contribution is 2.77. The van der Waals surface area contributed by atoms with Gasteiger partial charge in [0.25, 0.3) is 0 Å². The number of carbonyl (C=O) groups excluding carboxylic acids is 2. The van der Waals surface area contributed by atoms with Crippen molar-refractivity contribution in [2.75, 3.05) is 0 Å². The van der Waals surface area contributed by atoms with E-state index in [2.05, 4.69) is 0 Å². The largest absolute Gasteiger partial charge is 0.484 e. The molecule has 3 aliphatic heterocycles. The SMILES string of the molecule is O=C1c2ccccc2OC2(CCCC2)C12SSC1(S2)C(=O)c2ccccc2OC12CCCC2. The lowest BCUT2D eigenvalue weighted by atomic mass is 9.86. The van der Waals surface area contributed by atoms with Crippen LogP contribution in [0, 0.1) is 0 Å². The van der Waals surface area contributed by atoms with Gasteiger partial charge in [-0.1, -0.05) is 57.6 Å². The molecule has 170 valence electrons. The summed E-state index contributed by atoms with van der Waals surface area (Å²) in [5, 5.41) is 0. The molecule has 4 nitrogen and oxygen atoms in total. The van der Waals surface area contributed by atoms with Crippen LogP contribution in [0.3, 0.4) is 0 Å². The first-order valence-electron chi connectivity index (χ1n) is 11.8. The fraction of sp³-hybridized carbons (Fsp3) is 0.462. The number of hydrogen-bond donors (Lipinski definition) is 0. The third-order valence-corrected chi connectivity index (χ3v) is 14.8. The first-order chi connectivity index (χ1) is 16.1. The van der Waals surface area contributed by atoms with Crippen LogP contribution in [0.2, 0.25) is 0 Å². The first kappa shape index (κ1) is 20.8. The number of rotatable bonds is 0. The van der Waals surface area contributed by atoms with Crippen LogP contribution in [0.25, 0.3) is 0 Å². The highest BCUT2D eigenvalue weighted by Gasteiger charge is 2.77. The molecule has 7 heteroatoms. The van der Waals surface area contributed by atoms with E-state index in [1.807, 2.05) is 48.5 Å². The molecule has 2 aliphatic carbocycles. The number of benzene rings is 2. The van der Waals surface area contributed by atoms with E-state index in [9.17, 15) is 9.59 Å². The van der Waals surface area contributed by atoms with Crippen LogP contribution in [-0.4, -0.2) is 30.9 Å². The van der Waals surface area contributed by atoms with Crippen molar-refractivity contribution in [3.05, 3.63) is 59.7 Å². The van der Waals surface area contributed by atoms with E-state index in [1.54, 1.807) is 33.3 Å². The summed E-state index contributed by atoms with van der Waals surface area (Å²) in [6.07, 6.45) is 7.49. The van der Waals surface area contributed by atoms with E-state index in [4.69, 9.17) is 9.47 Å². The van der Waals surface area contributed by atoms with E-state index in [0.29, 0.717) is 22.6 Å². The van der Waals surface area contributed by atoms with Crippen molar-refractivity contribution in [2.24, 2.45) is 0 Å². The van der Waals surface area contributed by atoms with E-state index >= 15 is 0 Å². The Hall–Kier alpha value is -1.57. The predicted octanol–water partition coefficient (Wildman–Crippen LogP) is 6.68. The maximum atomic E-state index is 14.3. The summed E-state index contributed by atoms with van der Waals surface area (Å²) in [5.74, 6) is 1.58. The highest BCUT2D eigenvalue weighted by molar-refractivity contribution is 8.84. The molecular formula is C26H24O4S3. The molecule has 2 atom stereocenters. The van der Waals surface area contributed by atoms with E-state index in [-0.39, 0.29) is 11.6 Å². The van der Waals surface area contributed by atoms with Crippen molar-refractivity contribution in [3.8, 4) is 11.5 Å². The molecule has 1 saturated heterocycles. The third-order valence-electron chi connectivity index (χ3n) is 8.06. The number of Topliss-reactive ketones (excluding diaryl/α,β-unsaturated/α-hetero) is 2. The standard InChI is InChI=1S/C26H24O4S3/c27-21-17-9-1-3-11-19(17)29-23(13-5-6-14-23)25(21)31-26(33-32-25)22(28)18-10-2-4-12-20(18)30-24(26)15-7-8-16-24/h1-4,9-12H,5-8,13-16H2. The van der Waals surface area contributed by atoms with Crippen molar-refractivity contribution in [1.29, 1.82) is 0 Å². The minimum atomic E-state index is -0.858. The topological polar surface area (TPSA) is 52.6 Å². The molecular weight excluding hydrogens is 472 g/mol. The van der Waals surface area contributed by atoms with Crippen LogP contribution >= 0.6 is 33.3 Å². The molecule has 5 aliphatic rings. The number of para-hydroxylation sites is 2. The smallest absolute Gasteiger partial charge is 0.197 e. The summed E-state index contributed by atoms with van der Waals surface area (Å²) in [6, 6.07) is 15.2. The molecule has 2 unspecified atom stereocenters. The number of ketones is 2. The molecule has 0 aromatic heterocycles. The Labute approximate surface area is 205 Å². The molecule has 3 heterocycles. The fourth-order valence-electron chi connectivity index (χ4n) is 6.42. The van der Waals surface area contributed by atoms with Gasteiger partial charge in [-0.3, -0.25) is 9.59 Å². The molecule has 3 fully saturated rings. The second kappa shape index (κ2) is 6.98. The summed E-state index contributed by atoms with van der Waals surface area (Å²) in [5.41, 5.74) is 0.0817. The Morgan fingerprint density at radius 3 is 1.42 bits per heavy atom. The second-order valence-corrected chi connectivity index (χ2v) is 14.3. The van der Waals surface area contributed by atoms with Gasteiger partial charge in [0.2, 0.25) is 0 Å². The van der Waals surface area contributed by atoms with Crippen molar-refractivity contribution in [3.63, 3.8) is 0 Å². The zero-order valence-electron chi connectivity index (χ0n) is 18.1. The van der Waals surface area contributed by atoms with Crippen molar-refractivity contribution < 1.29 is 19.1 Å². The van der Waals surface area contributed by atoms with E-state index < -0.39 is 19.4 Å². The van der Waals surface area contributed by atoms with Crippen molar-refractivity contribution >= 4 is 44.9 Å². The number of thioether (sulfide) groups is 1. The summed E-state index contributed by atoms with van der Waals surface area (Å²) in [7, 11) is 3.16. The zero-order chi connectivity index (χ0) is 22.3. The molecule has 2 saturated carbocycles. The van der Waals surface area contributed by atoms with Gasteiger partial charge in [-0.15, -0.1) is 0 Å². The Morgan fingerprint density at radius 2 is 1.00 bits per heavy atom. The van der Waals surface area contributed by atoms with Crippen LogP contribution in [-0.2, 0) is 0 Å². The molecule has 2 aromatic rings. The second-order valence-electron chi connectivity index (χ2n) is 9.76. The highest BCUT2D eigenvalue weighted by atomic mass is 33.1. The summed E-state index contributed by atoms with van der Waals surface area (Å²) in [6.45, 7) is 0. The number of carbonyl (C=O) groups is 2. The van der Waals surface area contributed by atoms with Gasteiger partial charge in [0, 0.05) is 0 Å². The molecule has 0 bridgehead atoms. The van der Waals surface area contributed by atoms with Gasteiger partial charge < -0.3 is 9.47 Å². The molecule has 7 rings (SSSR count). The molecule has 33 heavy (non-hydrogen) atoms. The summed E-state index contributed by atoms with van der Waals surface area (Å²) < 4.78 is 11.8. The third kappa shape index (κ3) is 2.49. The normalized spacial score (nSPS) is 32.8. The van der Waals surface area contributed by atoms with Gasteiger partial charge in [0.05, 0.1) is 11.1 Å². The lowest BCUT2D eigenvalue weighted by molar-refractivity contribution is 0.0367. The van der Waals surface area contributed by atoms with Crippen LogP contribution in [0.1, 0.15) is 72.1 Å². The maximum Gasteiger partial charge on any atom is 0.197 e. The lowest BCUT2D eigenvalue weighted by Crippen LogP contribution is -2.63. The van der Waals surface area contributed by atoms with Crippen LogP contribution < -0.4 is 9.47 Å². The molecule has 4 spiro atoms. The number of fused-ring (bicyclic) bond motifs is 4.